The van der Waals surface area contributed by atoms with Crippen LogP contribution >= 0.6 is 0 Å². The normalized spacial score (nSPS) is 18.1. The summed E-state index contributed by atoms with van der Waals surface area (Å²) in [7, 11) is 0. The molecule has 1 aliphatic rings. The molecule has 0 aliphatic carbocycles. The molecule has 1 unspecified atom stereocenters. The van der Waals surface area contributed by atoms with Gasteiger partial charge in [0.2, 0.25) is 5.91 Å². The Bertz CT molecular complexity index is 427. The Hall–Kier alpha value is -1.39. The van der Waals surface area contributed by atoms with Crippen molar-refractivity contribution in [3.05, 3.63) is 29.8 Å². The van der Waals surface area contributed by atoms with Crippen molar-refractivity contribution in [2.24, 2.45) is 5.92 Å². The maximum absolute atomic E-state index is 12.0. The molecular weight excluding hydrogens is 250 g/mol. The standard InChI is InChI=1S/C16H25N3O/c1-2-17-12-14-5-3-4-6-15(14)19-16(20)8-7-13-9-10-18-11-13/h3-6,13,17-18H,2,7-12H2,1H3,(H,19,20). The number of hydrogen-bond acceptors (Lipinski definition) is 3. The molecule has 1 heterocycles. The molecule has 0 spiro atoms. The Kier molecular flexibility index (Phi) is 6.02. The number of nitrogens with one attached hydrogen (secondary N) is 3. The lowest BCUT2D eigenvalue weighted by atomic mass is 10.0. The molecule has 110 valence electrons. The molecule has 1 atom stereocenters. The highest BCUT2D eigenvalue weighted by Crippen LogP contribution is 2.17. The van der Waals surface area contributed by atoms with Crippen molar-refractivity contribution in [3.8, 4) is 0 Å². The molecule has 2 rings (SSSR count). The third-order valence-corrected chi connectivity index (χ3v) is 3.80. The van der Waals surface area contributed by atoms with Gasteiger partial charge in [0.1, 0.15) is 0 Å². The van der Waals surface area contributed by atoms with E-state index in [0.29, 0.717) is 12.3 Å². The first-order valence-electron chi connectivity index (χ1n) is 7.58. The van der Waals surface area contributed by atoms with Gasteiger partial charge in [0.05, 0.1) is 0 Å². The van der Waals surface area contributed by atoms with Crippen LogP contribution in [0.3, 0.4) is 0 Å². The van der Waals surface area contributed by atoms with E-state index >= 15 is 0 Å². The SMILES string of the molecule is CCNCc1ccccc1NC(=O)CCC1CCNC1. The number of carbonyl (C=O) groups excluding carboxylic acids is 1. The van der Waals surface area contributed by atoms with Gasteiger partial charge in [0, 0.05) is 18.7 Å². The van der Waals surface area contributed by atoms with Crippen LogP contribution in [0.25, 0.3) is 0 Å². The van der Waals surface area contributed by atoms with Crippen molar-refractivity contribution >= 4 is 11.6 Å². The molecule has 3 N–H and O–H groups in total. The summed E-state index contributed by atoms with van der Waals surface area (Å²) in [6, 6.07) is 8.00. The van der Waals surface area contributed by atoms with Crippen LogP contribution in [0.5, 0.6) is 0 Å². The molecule has 0 saturated carbocycles. The van der Waals surface area contributed by atoms with Crippen LogP contribution in [0.15, 0.2) is 24.3 Å². The molecule has 0 aromatic heterocycles. The van der Waals surface area contributed by atoms with E-state index in [1.165, 1.54) is 6.42 Å². The lowest BCUT2D eigenvalue weighted by Crippen LogP contribution is -2.18. The fraction of sp³-hybridized carbons (Fsp3) is 0.562. The first kappa shape index (κ1) is 15.0. The molecule has 1 aromatic carbocycles. The second kappa shape index (κ2) is 8.02. The highest BCUT2D eigenvalue weighted by atomic mass is 16.1. The van der Waals surface area contributed by atoms with Crippen LogP contribution in [-0.2, 0) is 11.3 Å². The van der Waals surface area contributed by atoms with Gasteiger partial charge in [-0.05, 0) is 50.0 Å². The minimum Gasteiger partial charge on any atom is -0.326 e. The van der Waals surface area contributed by atoms with Crippen molar-refractivity contribution in [1.82, 2.24) is 10.6 Å². The van der Waals surface area contributed by atoms with Crippen molar-refractivity contribution in [2.75, 3.05) is 25.0 Å². The lowest BCUT2D eigenvalue weighted by molar-refractivity contribution is -0.116. The Balaban J connectivity index is 1.83. The Labute approximate surface area is 121 Å². The van der Waals surface area contributed by atoms with E-state index in [9.17, 15) is 4.79 Å². The van der Waals surface area contributed by atoms with Gasteiger partial charge in [0.15, 0.2) is 0 Å². The lowest BCUT2D eigenvalue weighted by Gasteiger charge is -2.12. The Morgan fingerprint density at radius 3 is 3.00 bits per heavy atom. The van der Waals surface area contributed by atoms with E-state index < -0.39 is 0 Å². The van der Waals surface area contributed by atoms with Gasteiger partial charge in [-0.3, -0.25) is 4.79 Å². The maximum Gasteiger partial charge on any atom is 0.224 e. The third-order valence-electron chi connectivity index (χ3n) is 3.80. The zero-order chi connectivity index (χ0) is 14.2. The van der Waals surface area contributed by atoms with E-state index in [1.807, 2.05) is 18.2 Å². The molecule has 1 aliphatic heterocycles. The molecule has 0 bridgehead atoms. The summed E-state index contributed by atoms with van der Waals surface area (Å²) >= 11 is 0. The summed E-state index contributed by atoms with van der Waals surface area (Å²) in [5.74, 6) is 0.790. The van der Waals surface area contributed by atoms with Gasteiger partial charge >= 0.3 is 0 Å². The van der Waals surface area contributed by atoms with Gasteiger partial charge in [-0.2, -0.15) is 0 Å². The predicted molar refractivity (Wildman–Crippen MR) is 82.7 cm³/mol. The largest absolute Gasteiger partial charge is 0.326 e. The van der Waals surface area contributed by atoms with Gasteiger partial charge in [-0.25, -0.2) is 0 Å². The molecular formula is C16H25N3O. The summed E-state index contributed by atoms with van der Waals surface area (Å²) in [4.78, 5) is 12.0. The van der Waals surface area contributed by atoms with E-state index in [4.69, 9.17) is 0 Å². The van der Waals surface area contributed by atoms with Gasteiger partial charge in [-0.1, -0.05) is 25.1 Å². The molecule has 1 saturated heterocycles. The van der Waals surface area contributed by atoms with Crippen molar-refractivity contribution in [2.45, 2.75) is 32.7 Å². The monoisotopic (exact) mass is 275 g/mol. The summed E-state index contributed by atoms with van der Waals surface area (Å²) in [5, 5.41) is 9.68. The highest BCUT2D eigenvalue weighted by molar-refractivity contribution is 5.91. The van der Waals surface area contributed by atoms with Crippen molar-refractivity contribution < 1.29 is 4.79 Å². The van der Waals surface area contributed by atoms with Crippen LogP contribution in [0.2, 0.25) is 0 Å². The van der Waals surface area contributed by atoms with Gasteiger partial charge in [-0.15, -0.1) is 0 Å². The summed E-state index contributed by atoms with van der Waals surface area (Å²) in [5.41, 5.74) is 2.08. The summed E-state index contributed by atoms with van der Waals surface area (Å²) in [6.45, 7) is 5.95. The van der Waals surface area contributed by atoms with Crippen LogP contribution in [0.4, 0.5) is 5.69 Å². The van der Waals surface area contributed by atoms with Gasteiger partial charge in [0.25, 0.3) is 0 Å². The van der Waals surface area contributed by atoms with E-state index in [0.717, 1.165) is 43.9 Å². The second-order valence-electron chi connectivity index (χ2n) is 5.38. The number of anilines is 1. The summed E-state index contributed by atoms with van der Waals surface area (Å²) < 4.78 is 0. The predicted octanol–water partition coefficient (Wildman–Crippen LogP) is 2.12. The number of amides is 1. The number of carbonyl (C=O) groups is 1. The second-order valence-corrected chi connectivity index (χ2v) is 5.38. The van der Waals surface area contributed by atoms with Crippen LogP contribution < -0.4 is 16.0 Å². The smallest absolute Gasteiger partial charge is 0.224 e. The topological polar surface area (TPSA) is 53.2 Å². The maximum atomic E-state index is 12.0. The van der Waals surface area contributed by atoms with E-state index in [-0.39, 0.29) is 5.91 Å². The molecule has 1 aromatic rings. The van der Waals surface area contributed by atoms with Crippen molar-refractivity contribution in [3.63, 3.8) is 0 Å². The Morgan fingerprint density at radius 2 is 2.25 bits per heavy atom. The highest BCUT2D eigenvalue weighted by Gasteiger charge is 2.16. The van der Waals surface area contributed by atoms with Gasteiger partial charge < -0.3 is 16.0 Å². The molecule has 20 heavy (non-hydrogen) atoms. The van der Waals surface area contributed by atoms with E-state index in [1.54, 1.807) is 0 Å². The number of benzene rings is 1. The molecule has 1 fully saturated rings. The molecule has 1 amide bonds. The number of rotatable bonds is 7. The molecule has 4 heteroatoms. The van der Waals surface area contributed by atoms with Crippen molar-refractivity contribution in [1.29, 1.82) is 0 Å². The summed E-state index contributed by atoms with van der Waals surface area (Å²) in [6.07, 6.45) is 2.79. The zero-order valence-electron chi connectivity index (χ0n) is 12.2. The quantitative estimate of drug-likeness (QED) is 0.714. The first-order chi connectivity index (χ1) is 9.79. The molecule has 0 radical (unpaired) electrons. The van der Waals surface area contributed by atoms with Crippen LogP contribution in [-0.4, -0.2) is 25.5 Å². The fourth-order valence-corrected chi connectivity index (χ4v) is 2.56. The van der Waals surface area contributed by atoms with Crippen LogP contribution in [0, 0.1) is 5.92 Å². The third kappa shape index (κ3) is 4.62. The number of para-hydroxylation sites is 1. The Morgan fingerprint density at radius 1 is 1.40 bits per heavy atom. The average Bonchev–Trinajstić information content (AvgIpc) is 2.97. The number of hydrogen-bond donors (Lipinski definition) is 3. The van der Waals surface area contributed by atoms with Crippen LogP contribution in [0.1, 0.15) is 31.7 Å². The first-order valence-corrected chi connectivity index (χ1v) is 7.58. The minimum atomic E-state index is 0.126. The average molecular weight is 275 g/mol. The zero-order valence-corrected chi connectivity index (χ0v) is 12.2. The van der Waals surface area contributed by atoms with E-state index in [2.05, 4.69) is 28.9 Å². The molecule has 4 nitrogen and oxygen atoms in total. The minimum absolute atomic E-state index is 0.126. The fourth-order valence-electron chi connectivity index (χ4n) is 2.56.